The fourth-order valence-electron chi connectivity index (χ4n) is 2.39. The van der Waals surface area contributed by atoms with E-state index in [0.29, 0.717) is 6.04 Å². The minimum atomic E-state index is 0.524. The molecule has 0 saturated carbocycles. The lowest BCUT2D eigenvalue weighted by atomic mass is 10.0. The largest absolute Gasteiger partial charge is 0.494 e. The van der Waals surface area contributed by atoms with Crippen molar-refractivity contribution in [3.05, 3.63) is 22.8 Å². The highest BCUT2D eigenvalue weighted by atomic mass is 16.5. The smallest absolute Gasteiger partial charge is 0.145 e. The van der Waals surface area contributed by atoms with Crippen molar-refractivity contribution in [2.45, 2.75) is 40.7 Å². The third kappa shape index (κ3) is 3.87. The quantitative estimate of drug-likeness (QED) is 0.854. The molecule has 0 aliphatic rings. The summed E-state index contributed by atoms with van der Waals surface area (Å²) in [7, 11) is 3.88. The van der Waals surface area contributed by atoms with E-state index in [1.807, 2.05) is 0 Å². The SMILES string of the molecule is COc1c(C)c(C)cc(C)c1N(C)CCNC(C)C. The monoisotopic (exact) mass is 264 g/mol. The molecular weight excluding hydrogens is 236 g/mol. The Morgan fingerprint density at radius 2 is 1.84 bits per heavy atom. The van der Waals surface area contributed by atoms with Gasteiger partial charge in [0.1, 0.15) is 5.75 Å². The Balaban J connectivity index is 2.95. The molecule has 0 amide bonds. The Kier molecular flexibility index (Phi) is 5.67. The molecule has 0 saturated heterocycles. The molecule has 0 unspecified atom stereocenters. The maximum absolute atomic E-state index is 5.62. The highest BCUT2D eigenvalue weighted by Gasteiger charge is 2.15. The minimum absolute atomic E-state index is 0.524. The van der Waals surface area contributed by atoms with E-state index in [4.69, 9.17) is 4.74 Å². The molecule has 0 aromatic heterocycles. The number of benzene rings is 1. The van der Waals surface area contributed by atoms with Crippen LogP contribution < -0.4 is 15.0 Å². The number of nitrogens with zero attached hydrogens (tertiary/aromatic N) is 1. The Bertz CT molecular complexity index is 427. The fourth-order valence-corrected chi connectivity index (χ4v) is 2.39. The van der Waals surface area contributed by atoms with E-state index < -0.39 is 0 Å². The molecule has 1 aromatic rings. The topological polar surface area (TPSA) is 24.5 Å². The molecule has 0 atom stereocenters. The highest BCUT2D eigenvalue weighted by Crippen LogP contribution is 2.36. The van der Waals surface area contributed by atoms with Crippen molar-refractivity contribution in [3.8, 4) is 5.75 Å². The number of aryl methyl sites for hydroxylation is 2. The maximum atomic E-state index is 5.62. The number of rotatable bonds is 6. The summed E-state index contributed by atoms with van der Waals surface area (Å²) in [6.07, 6.45) is 0. The zero-order valence-corrected chi connectivity index (χ0v) is 13.4. The minimum Gasteiger partial charge on any atom is -0.494 e. The van der Waals surface area contributed by atoms with Gasteiger partial charge in [0, 0.05) is 26.2 Å². The van der Waals surface area contributed by atoms with Crippen molar-refractivity contribution >= 4 is 5.69 Å². The van der Waals surface area contributed by atoms with Crippen LogP contribution in [-0.2, 0) is 0 Å². The molecule has 1 N–H and O–H groups in total. The summed E-state index contributed by atoms with van der Waals surface area (Å²) in [5.41, 5.74) is 4.99. The van der Waals surface area contributed by atoms with Crippen LogP contribution in [0, 0.1) is 20.8 Å². The summed E-state index contributed by atoms with van der Waals surface area (Å²) in [6.45, 7) is 12.7. The number of ether oxygens (including phenoxy) is 1. The van der Waals surface area contributed by atoms with Crippen molar-refractivity contribution in [2.75, 3.05) is 32.1 Å². The molecule has 0 radical (unpaired) electrons. The lowest BCUT2D eigenvalue weighted by molar-refractivity contribution is 0.411. The number of hydrogen-bond acceptors (Lipinski definition) is 3. The Morgan fingerprint density at radius 1 is 1.21 bits per heavy atom. The fraction of sp³-hybridized carbons (Fsp3) is 0.625. The van der Waals surface area contributed by atoms with E-state index in [1.165, 1.54) is 22.4 Å². The predicted octanol–water partition coefficient (Wildman–Crippen LogP) is 3.05. The van der Waals surface area contributed by atoms with Crippen LogP contribution in [0.2, 0.25) is 0 Å². The van der Waals surface area contributed by atoms with E-state index in [-0.39, 0.29) is 0 Å². The van der Waals surface area contributed by atoms with Gasteiger partial charge in [-0.15, -0.1) is 0 Å². The zero-order chi connectivity index (χ0) is 14.6. The molecular formula is C16H28N2O. The maximum Gasteiger partial charge on any atom is 0.145 e. The molecule has 108 valence electrons. The van der Waals surface area contributed by atoms with Crippen LogP contribution in [0.3, 0.4) is 0 Å². The van der Waals surface area contributed by atoms with E-state index >= 15 is 0 Å². The van der Waals surface area contributed by atoms with Gasteiger partial charge < -0.3 is 15.0 Å². The predicted molar refractivity (Wildman–Crippen MR) is 83.6 cm³/mol. The normalized spacial score (nSPS) is 10.9. The molecule has 0 aliphatic carbocycles. The Labute approximate surface area is 118 Å². The summed E-state index contributed by atoms with van der Waals surface area (Å²) < 4.78 is 5.62. The van der Waals surface area contributed by atoms with E-state index in [2.05, 4.69) is 57.9 Å². The number of nitrogens with one attached hydrogen (secondary N) is 1. The molecule has 3 nitrogen and oxygen atoms in total. The van der Waals surface area contributed by atoms with E-state index in [0.717, 1.165) is 18.8 Å². The third-order valence-corrected chi connectivity index (χ3v) is 3.54. The number of hydrogen-bond donors (Lipinski definition) is 1. The van der Waals surface area contributed by atoms with Gasteiger partial charge >= 0.3 is 0 Å². The summed E-state index contributed by atoms with van der Waals surface area (Å²) in [6, 6.07) is 2.76. The van der Waals surface area contributed by atoms with Gasteiger partial charge in [-0.1, -0.05) is 19.9 Å². The van der Waals surface area contributed by atoms with Crippen LogP contribution in [0.5, 0.6) is 5.75 Å². The average Bonchev–Trinajstić information content (AvgIpc) is 2.32. The van der Waals surface area contributed by atoms with Gasteiger partial charge in [0.05, 0.1) is 12.8 Å². The number of likely N-dealkylation sites (N-methyl/N-ethyl adjacent to an activating group) is 1. The molecule has 0 spiro atoms. The molecule has 19 heavy (non-hydrogen) atoms. The average molecular weight is 264 g/mol. The van der Waals surface area contributed by atoms with Crippen LogP contribution in [0.1, 0.15) is 30.5 Å². The molecule has 1 aromatic carbocycles. The van der Waals surface area contributed by atoms with Gasteiger partial charge in [-0.25, -0.2) is 0 Å². The summed E-state index contributed by atoms with van der Waals surface area (Å²) in [5.74, 6) is 1.00. The Hall–Kier alpha value is -1.22. The highest BCUT2D eigenvalue weighted by molar-refractivity contribution is 5.67. The number of methoxy groups -OCH3 is 1. The molecule has 3 heteroatoms. The number of anilines is 1. The molecule has 0 bridgehead atoms. The second-order valence-electron chi connectivity index (χ2n) is 5.55. The van der Waals surface area contributed by atoms with Crippen molar-refractivity contribution in [2.24, 2.45) is 0 Å². The van der Waals surface area contributed by atoms with Gasteiger partial charge in [0.2, 0.25) is 0 Å². The summed E-state index contributed by atoms with van der Waals surface area (Å²) in [4.78, 5) is 2.27. The first-order chi connectivity index (χ1) is 8.88. The summed E-state index contributed by atoms with van der Waals surface area (Å²) in [5, 5.41) is 3.45. The second-order valence-corrected chi connectivity index (χ2v) is 5.55. The zero-order valence-electron chi connectivity index (χ0n) is 13.4. The van der Waals surface area contributed by atoms with Crippen LogP contribution in [-0.4, -0.2) is 33.3 Å². The van der Waals surface area contributed by atoms with Crippen LogP contribution in [0.15, 0.2) is 6.07 Å². The third-order valence-electron chi connectivity index (χ3n) is 3.54. The lowest BCUT2D eigenvalue weighted by Gasteiger charge is -2.26. The molecule has 0 heterocycles. The van der Waals surface area contributed by atoms with Gasteiger partial charge in [-0.05, 0) is 37.5 Å². The first-order valence-electron chi connectivity index (χ1n) is 6.97. The molecule has 0 fully saturated rings. The van der Waals surface area contributed by atoms with E-state index in [9.17, 15) is 0 Å². The van der Waals surface area contributed by atoms with Gasteiger partial charge in [0.25, 0.3) is 0 Å². The van der Waals surface area contributed by atoms with Gasteiger partial charge in [-0.3, -0.25) is 0 Å². The summed E-state index contributed by atoms with van der Waals surface area (Å²) >= 11 is 0. The van der Waals surface area contributed by atoms with Crippen molar-refractivity contribution < 1.29 is 4.74 Å². The molecule has 0 aliphatic heterocycles. The first-order valence-corrected chi connectivity index (χ1v) is 6.97. The van der Waals surface area contributed by atoms with Crippen molar-refractivity contribution in [3.63, 3.8) is 0 Å². The standard InChI is InChI=1S/C16H28N2O/c1-11(2)17-8-9-18(6)15-13(4)10-12(3)14(5)16(15)19-7/h10-11,17H,8-9H2,1-7H3. The molecule has 1 rings (SSSR count). The Morgan fingerprint density at radius 3 is 2.37 bits per heavy atom. The van der Waals surface area contributed by atoms with Gasteiger partial charge in [-0.2, -0.15) is 0 Å². The first kappa shape index (κ1) is 15.8. The lowest BCUT2D eigenvalue weighted by Crippen LogP contribution is -2.33. The van der Waals surface area contributed by atoms with Crippen LogP contribution in [0.4, 0.5) is 5.69 Å². The van der Waals surface area contributed by atoms with E-state index in [1.54, 1.807) is 7.11 Å². The van der Waals surface area contributed by atoms with Crippen molar-refractivity contribution in [1.29, 1.82) is 0 Å². The van der Waals surface area contributed by atoms with Crippen LogP contribution >= 0.6 is 0 Å². The van der Waals surface area contributed by atoms with Crippen LogP contribution in [0.25, 0.3) is 0 Å². The van der Waals surface area contributed by atoms with Crippen molar-refractivity contribution in [1.82, 2.24) is 5.32 Å². The van der Waals surface area contributed by atoms with Gasteiger partial charge in [0.15, 0.2) is 0 Å². The second kappa shape index (κ2) is 6.80.